The highest BCUT2D eigenvalue weighted by molar-refractivity contribution is 6.34. The molecule has 25 heavy (non-hydrogen) atoms. The number of pyridine rings is 1. The first-order valence-corrected chi connectivity index (χ1v) is 8.35. The molecule has 6 heteroatoms. The monoisotopic (exact) mass is 367 g/mol. The lowest BCUT2D eigenvalue weighted by molar-refractivity contribution is -0.142. The fourth-order valence-corrected chi connectivity index (χ4v) is 4.16. The zero-order valence-electron chi connectivity index (χ0n) is 13.3. The minimum Gasteiger partial charge on any atom is -0.312 e. The van der Waals surface area contributed by atoms with Gasteiger partial charge in [-0.3, -0.25) is 0 Å². The van der Waals surface area contributed by atoms with Gasteiger partial charge in [0.05, 0.1) is 10.5 Å². The van der Waals surface area contributed by atoms with Crippen molar-refractivity contribution in [2.24, 2.45) is 0 Å². The lowest BCUT2D eigenvalue weighted by Crippen LogP contribution is -2.12. The summed E-state index contributed by atoms with van der Waals surface area (Å²) in [5.41, 5.74) is 2.88. The molecule has 130 valence electrons. The van der Waals surface area contributed by atoms with Gasteiger partial charge in [-0.15, -0.1) is 0 Å². The van der Waals surface area contributed by atoms with E-state index in [0.29, 0.717) is 17.5 Å². The van der Waals surface area contributed by atoms with Gasteiger partial charge in [0.2, 0.25) is 0 Å². The van der Waals surface area contributed by atoms with E-state index in [-0.39, 0.29) is 10.5 Å². The molecule has 1 aromatic carbocycles. The van der Waals surface area contributed by atoms with Gasteiger partial charge < -0.3 is 4.40 Å². The summed E-state index contributed by atoms with van der Waals surface area (Å²) in [4.78, 5) is 0. The summed E-state index contributed by atoms with van der Waals surface area (Å²) in [5, 5.41) is -0.0876. The van der Waals surface area contributed by atoms with Crippen LogP contribution in [0.5, 0.6) is 0 Å². The van der Waals surface area contributed by atoms with E-state index in [4.69, 9.17) is 11.6 Å². The van der Waals surface area contributed by atoms with E-state index in [1.807, 2.05) is 6.92 Å². The van der Waals surface area contributed by atoms with Crippen molar-refractivity contribution in [2.45, 2.75) is 32.4 Å². The largest absolute Gasteiger partial charge is 0.431 e. The summed E-state index contributed by atoms with van der Waals surface area (Å²) in [7, 11) is 0. The fourth-order valence-electron chi connectivity index (χ4n) is 3.86. The highest BCUT2D eigenvalue weighted by Crippen LogP contribution is 2.44. The second-order valence-electron chi connectivity index (χ2n) is 6.37. The third-order valence-corrected chi connectivity index (χ3v) is 5.18. The molecule has 1 aliphatic rings. The predicted octanol–water partition coefficient (Wildman–Crippen LogP) is 6.21. The Hall–Kier alpha value is -2.01. The van der Waals surface area contributed by atoms with E-state index >= 15 is 0 Å². The van der Waals surface area contributed by atoms with E-state index in [1.165, 1.54) is 24.4 Å². The molecule has 0 amide bonds. The Morgan fingerprint density at radius 2 is 1.80 bits per heavy atom. The molecule has 1 aliphatic carbocycles. The Balaban J connectivity index is 2.10. The second-order valence-corrected chi connectivity index (χ2v) is 6.78. The number of alkyl halides is 3. The standard InChI is InChI=1S/C19H14ClF4N/c1-10-8-14(21)17(12-5-2-4-11(10)12)18-13(20)9-16(19(22,23)24)25-7-3-6-15(18)25/h3,6-9H,2,4-5H2,1H3. The average Bonchev–Trinajstić information content (AvgIpc) is 3.16. The van der Waals surface area contributed by atoms with Crippen LogP contribution in [0.3, 0.4) is 0 Å². The van der Waals surface area contributed by atoms with E-state index in [9.17, 15) is 17.6 Å². The van der Waals surface area contributed by atoms with Gasteiger partial charge in [0, 0.05) is 17.3 Å². The van der Waals surface area contributed by atoms with Crippen LogP contribution in [0.1, 0.15) is 28.8 Å². The summed E-state index contributed by atoms with van der Waals surface area (Å²) >= 11 is 6.24. The smallest absolute Gasteiger partial charge is 0.312 e. The number of aryl methyl sites for hydroxylation is 1. The molecule has 2 aromatic heterocycles. The topological polar surface area (TPSA) is 4.41 Å². The van der Waals surface area contributed by atoms with Crippen LogP contribution in [-0.4, -0.2) is 4.40 Å². The van der Waals surface area contributed by atoms with Crippen molar-refractivity contribution in [1.82, 2.24) is 4.40 Å². The molecule has 1 nitrogen and oxygen atoms in total. The van der Waals surface area contributed by atoms with Crippen molar-refractivity contribution in [3.63, 3.8) is 0 Å². The maximum Gasteiger partial charge on any atom is 0.431 e. The molecule has 0 atom stereocenters. The Labute approximate surface area is 146 Å². The van der Waals surface area contributed by atoms with Gasteiger partial charge in [0.1, 0.15) is 11.5 Å². The number of halogens is 5. The van der Waals surface area contributed by atoms with Crippen LogP contribution < -0.4 is 0 Å². The fraction of sp³-hybridized carbons (Fsp3) is 0.263. The molecule has 0 saturated carbocycles. The van der Waals surface area contributed by atoms with Crippen LogP contribution in [0, 0.1) is 12.7 Å². The maximum absolute atomic E-state index is 14.8. The summed E-state index contributed by atoms with van der Waals surface area (Å²) < 4.78 is 55.8. The van der Waals surface area contributed by atoms with Crippen LogP contribution in [0.4, 0.5) is 17.6 Å². The maximum atomic E-state index is 14.8. The van der Waals surface area contributed by atoms with Crippen LogP contribution in [-0.2, 0) is 19.0 Å². The van der Waals surface area contributed by atoms with Crippen molar-refractivity contribution in [3.8, 4) is 11.1 Å². The highest BCUT2D eigenvalue weighted by atomic mass is 35.5. The summed E-state index contributed by atoms with van der Waals surface area (Å²) in [5.74, 6) is -0.442. The van der Waals surface area contributed by atoms with Crippen LogP contribution in [0.25, 0.3) is 16.6 Å². The van der Waals surface area contributed by atoms with Gasteiger partial charge in [-0.25, -0.2) is 4.39 Å². The predicted molar refractivity (Wildman–Crippen MR) is 89.6 cm³/mol. The summed E-state index contributed by atoms with van der Waals surface area (Å²) in [6.45, 7) is 1.86. The van der Waals surface area contributed by atoms with Gasteiger partial charge in [-0.2, -0.15) is 13.2 Å². The molecule has 0 bridgehead atoms. The minimum atomic E-state index is -4.55. The molecule has 0 fully saturated rings. The van der Waals surface area contributed by atoms with Gasteiger partial charge in [0.15, 0.2) is 0 Å². The van der Waals surface area contributed by atoms with Crippen molar-refractivity contribution in [3.05, 3.63) is 63.7 Å². The lowest BCUT2D eigenvalue weighted by Gasteiger charge is -2.18. The first kappa shape index (κ1) is 16.5. The Morgan fingerprint density at radius 1 is 1.08 bits per heavy atom. The first-order chi connectivity index (χ1) is 11.8. The zero-order chi connectivity index (χ0) is 17.9. The third-order valence-electron chi connectivity index (χ3n) is 4.88. The number of fused-ring (bicyclic) bond motifs is 2. The molecule has 0 unspecified atom stereocenters. The molecule has 0 radical (unpaired) electrons. The quantitative estimate of drug-likeness (QED) is 0.450. The first-order valence-electron chi connectivity index (χ1n) is 7.97. The normalized spacial score (nSPS) is 14.3. The molecule has 0 aliphatic heterocycles. The molecule has 4 rings (SSSR count). The minimum absolute atomic E-state index is 0.0876. The van der Waals surface area contributed by atoms with Crippen molar-refractivity contribution >= 4 is 17.1 Å². The number of hydrogen-bond donors (Lipinski definition) is 0. The average molecular weight is 368 g/mol. The van der Waals surface area contributed by atoms with Gasteiger partial charge >= 0.3 is 6.18 Å². The molecule has 2 heterocycles. The Kier molecular flexibility index (Phi) is 3.62. The van der Waals surface area contributed by atoms with E-state index in [2.05, 4.69) is 0 Å². The van der Waals surface area contributed by atoms with Gasteiger partial charge in [0.25, 0.3) is 0 Å². The second kappa shape index (κ2) is 5.49. The Bertz CT molecular complexity index is 1000. The van der Waals surface area contributed by atoms with Crippen molar-refractivity contribution < 1.29 is 17.6 Å². The number of nitrogens with zero attached hydrogens (tertiary/aromatic N) is 1. The van der Waals surface area contributed by atoms with Crippen LogP contribution in [0.2, 0.25) is 5.02 Å². The molecular weight excluding hydrogens is 354 g/mol. The number of aromatic nitrogens is 1. The van der Waals surface area contributed by atoms with Crippen LogP contribution in [0.15, 0.2) is 30.5 Å². The SMILES string of the molecule is Cc1cc(F)c(-c2c(Cl)cc(C(F)(F)F)n3cccc23)c2c1CCC2. The highest BCUT2D eigenvalue weighted by Gasteiger charge is 2.35. The van der Waals surface area contributed by atoms with Crippen molar-refractivity contribution in [2.75, 3.05) is 0 Å². The Morgan fingerprint density at radius 3 is 2.52 bits per heavy atom. The number of rotatable bonds is 1. The van der Waals surface area contributed by atoms with Gasteiger partial charge in [-0.05, 0) is 67.1 Å². The molecule has 0 spiro atoms. The lowest BCUT2D eigenvalue weighted by atomic mass is 9.93. The summed E-state index contributed by atoms with van der Waals surface area (Å²) in [6.07, 6.45) is -0.767. The van der Waals surface area contributed by atoms with Crippen LogP contribution >= 0.6 is 11.6 Å². The molecular formula is C19H14ClF4N. The number of benzene rings is 1. The van der Waals surface area contributed by atoms with E-state index in [1.54, 1.807) is 0 Å². The van der Waals surface area contributed by atoms with E-state index in [0.717, 1.165) is 40.0 Å². The molecule has 3 aromatic rings. The number of hydrogen-bond acceptors (Lipinski definition) is 0. The van der Waals surface area contributed by atoms with E-state index < -0.39 is 17.7 Å². The molecule has 0 saturated heterocycles. The molecule has 0 N–H and O–H groups in total. The summed E-state index contributed by atoms with van der Waals surface area (Å²) in [6, 6.07) is 5.38. The van der Waals surface area contributed by atoms with Crippen molar-refractivity contribution in [1.29, 1.82) is 0 Å². The van der Waals surface area contributed by atoms with Gasteiger partial charge in [-0.1, -0.05) is 11.6 Å². The zero-order valence-corrected chi connectivity index (χ0v) is 14.1. The third kappa shape index (κ3) is 2.44.